The molecule has 0 spiro atoms. The number of anilines is 1. The number of methoxy groups -OCH3 is 1. The quantitative estimate of drug-likeness (QED) is 0.729. The zero-order valence-corrected chi connectivity index (χ0v) is 7.93. The van der Waals surface area contributed by atoms with Crippen LogP contribution in [0.1, 0.15) is 0 Å². The average molecular weight is 195 g/mol. The lowest BCUT2D eigenvalue weighted by Crippen LogP contribution is -2.34. The summed E-state index contributed by atoms with van der Waals surface area (Å²) in [5, 5.41) is 2.09. The summed E-state index contributed by atoms with van der Waals surface area (Å²) in [7, 11) is 1.51. The second-order valence-corrected chi connectivity index (χ2v) is 3.96. The maximum Gasteiger partial charge on any atom is 0.249 e. The fourth-order valence-electron chi connectivity index (χ4n) is 1.23. The predicted octanol–water partition coefficient (Wildman–Crippen LogP) is 1.70. The molecule has 0 aliphatic carbocycles. The van der Waals surface area contributed by atoms with Gasteiger partial charge in [0.15, 0.2) is 6.29 Å². The van der Waals surface area contributed by atoms with Gasteiger partial charge in [0.05, 0.1) is 5.69 Å². The first kappa shape index (κ1) is 8.59. The molecule has 68 valence electrons. The Hall–Kier alpha value is -1.00. The topological polar surface area (TPSA) is 38.3 Å². The van der Waals surface area contributed by atoms with Crippen molar-refractivity contribution in [3.05, 3.63) is 24.3 Å². The molecule has 0 saturated heterocycles. The summed E-state index contributed by atoms with van der Waals surface area (Å²) in [6.07, 6.45) is 0.775. The number of fused-ring (bicyclic) bond motifs is 1. The van der Waals surface area contributed by atoms with Crippen LogP contribution >= 0.6 is 11.8 Å². The maximum absolute atomic E-state index is 10.8. The Kier molecular flexibility index (Phi) is 2.01. The summed E-state index contributed by atoms with van der Waals surface area (Å²) in [5.41, 5.74) is 0.946. The van der Waals surface area contributed by atoms with Crippen molar-refractivity contribution in [2.24, 2.45) is 0 Å². The molecule has 1 aromatic carbocycles. The van der Waals surface area contributed by atoms with Crippen LogP contribution in [0.4, 0.5) is 5.69 Å². The van der Waals surface area contributed by atoms with E-state index in [2.05, 4.69) is 5.32 Å². The summed E-state index contributed by atoms with van der Waals surface area (Å²) < 4.78 is 5.11. The molecule has 4 heteroatoms. The van der Waals surface area contributed by atoms with Crippen LogP contribution in [0.15, 0.2) is 29.2 Å². The predicted molar refractivity (Wildman–Crippen MR) is 51.7 cm³/mol. The third-order valence-electron chi connectivity index (χ3n) is 1.92. The first-order chi connectivity index (χ1) is 6.29. The first-order valence-corrected chi connectivity index (χ1v) is 4.69. The second kappa shape index (κ2) is 3.05. The summed E-state index contributed by atoms with van der Waals surface area (Å²) >= 11 is 1.38. The van der Waals surface area contributed by atoms with Crippen LogP contribution in [0, 0.1) is 0 Å². The van der Waals surface area contributed by atoms with Crippen molar-refractivity contribution in [1.82, 2.24) is 0 Å². The minimum Gasteiger partial charge on any atom is -0.344 e. The van der Waals surface area contributed by atoms with E-state index in [1.54, 1.807) is 0 Å². The molecule has 0 bridgehead atoms. The monoisotopic (exact) mass is 195 g/mol. The molecule has 0 aromatic heterocycles. The Morgan fingerprint density at radius 2 is 2.31 bits per heavy atom. The van der Waals surface area contributed by atoms with E-state index in [1.807, 2.05) is 24.3 Å². The number of carbonyl (C=O) groups excluding carboxylic acids is 1. The second-order valence-electron chi connectivity index (χ2n) is 2.71. The molecule has 13 heavy (non-hydrogen) atoms. The van der Waals surface area contributed by atoms with E-state index in [0.29, 0.717) is 0 Å². The molecule has 1 atom stereocenters. The van der Waals surface area contributed by atoms with Crippen molar-refractivity contribution in [3.8, 4) is 0 Å². The summed E-state index contributed by atoms with van der Waals surface area (Å²) in [6.45, 7) is 0. The van der Waals surface area contributed by atoms with Crippen molar-refractivity contribution in [2.75, 3.05) is 12.4 Å². The number of hydrogen-bond acceptors (Lipinski definition) is 4. The van der Waals surface area contributed by atoms with Crippen LogP contribution in [-0.2, 0) is 9.53 Å². The van der Waals surface area contributed by atoms with E-state index in [4.69, 9.17) is 4.74 Å². The Morgan fingerprint density at radius 1 is 1.54 bits per heavy atom. The van der Waals surface area contributed by atoms with Crippen molar-refractivity contribution in [3.63, 3.8) is 0 Å². The Balaban J connectivity index is 2.35. The Bertz CT molecular complexity index is 315. The molecule has 0 fully saturated rings. The fourth-order valence-corrected chi connectivity index (χ4v) is 2.22. The highest BCUT2D eigenvalue weighted by Crippen LogP contribution is 2.44. The number of carbonyl (C=O) groups is 1. The molecule has 3 nitrogen and oxygen atoms in total. The van der Waals surface area contributed by atoms with Crippen LogP contribution in [0.3, 0.4) is 0 Å². The van der Waals surface area contributed by atoms with Gasteiger partial charge in [-0.05, 0) is 12.1 Å². The van der Waals surface area contributed by atoms with Gasteiger partial charge in [-0.1, -0.05) is 23.9 Å². The van der Waals surface area contributed by atoms with E-state index in [-0.39, 0.29) is 0 Å². The molecule has 1 aliphatic heterocycles. The van der Waals surface area contributed by atoms with Gasteiger partial charge >= 0.3 is 0 Å². The summed E-state index contributed by atoms with van der Waals surface area (Å²) in [6, 6.07) is 7.73. The zero-order chi connectivity index (χ0) is 9.31. The lowest BCUT2D eigenvalue weighted by molar-refractivity contribution is -0.117. The third kappa shape index (κ3) is 1.32. The highest BCUT2D eigenvalue weighted by Gasteiger charge is 2.37. The number of hydrogen-bond donors (Lipinski definition) is 1. The molecular weight excluding hydrogens is 186 g/mol. The minimum absolute atomic E-state index is 0.775. The van der Waals surface area contributed by atoms with E-state index in [1.165, 1.54) is 18.9 Å². The largest absolute Gasteiger partial charge is 0.344 e. The number of rotatable bonds is 2. The molecule has 1 aliphatic rings. The number of benzene rings is 1. The molecule has 0 saturated carbocycles. The molecule has 1 N–H and O–H groups in total. The van der Waals surface area contributed by atoms with E-state index in [9.17, 15) is 4.79 Å². The highest BCUT2D eigenvalue weighted by molar-refractivity contribution is 8.01. The molecule has 2 rings (SSSR count). The molecular formula is C9H9NO2S. The molecule has 0 amide bonds. The molecule has 1 heterocycles. The van der Waals surface area contributed by atoms with Crippen LogP contribution in [0.2, 0.25) is 0 Å². The summed E-state index contributed by atoms with van der Waals surface area (Å²) in [4.78, 5) is 11.9. The van der Waals surface area contributed by atoms with Crippen molar-refractivity contribution >= 4 is 23.7 Å². The van der Waals surface area contributed by atoms with Crippen LogP contribution in [0.25, 0.3) is 0 Å². The fraction of sp³-hybridized carbons (Fsp3) is 0.222. The van der Waals surface area contributed by atoms with Crippen molar-refractivity contribution < 1.29 is 9.53 Å². The van der Waals surface area contributed by atoms with Gasteiger partial charge in [0.25, 0.3) is 0 Å². The van der Waals surface area contributed by atoms with Gasteiger partial charge in [0, 0.05) is 12.0 Å². The number of aldehydes is 1. The number of para-hydroxylation sites is 1. The van der Waals surface area contributed by atoms with Crippen LogP contribution in [-0.4, -0.2) is 18.5 Å². The lowest BCUT2D eigenvalue weighted by atomic mass is 10.3. The molecule has 0 radical (unpaired) electrons. The zero-order valence-electron chi connectivity index (χ0n) is 7.11. The van der Waals surface area contributed by atoms with Gasteiger partial charge in [0.2, 0.25) is 5.06 Å². The Labute approximate surface area is 80.5 Å². The normalized spacial score (nSPS) is 25.0. The van der Waals surface area contributed by atoms with Crippen molar-refractivity contribution in [1.29, 1.82) is 0 Å². The van der Waals surface area contributed by atoms with E-state index in [0.717, 1.165) is 16.9 Å². The van der Waals surface area contributed by atoms with E-state index >= 15 is 0 Å². The van der Waals surface area contributed by atoms with Gasteiger partial charge in [-0.3, -0.25) is 4.79 Å². The molecule has 1 aromatic rings. The highest BCUT2D eigenvalue weighted by atomic mass is 32.2. The van der Waals surface area contributed by atoms with Gasteiger partial charge in [-0.2, -0.15) is 0 Å². The lowest BCUT2D eigenvalue weighted by Gasteiger charge is -2.19. The number of thioether (sulfide) groups is 1. The molecule has 1 unspecified atom stereocenters. The van der Waals surface area contributed by atoms with Crippen molar-refractivity contribution in [2.45, 2.75) is 9.95 Å². The Morgan fingerprint density at radius 3 is 2.92 bits per heavy atom. The van der Waals surface area contributed by atoms with Gasteiger partial charge in [-0.25, -0.2) is 0 Å². The van der Waals surface area contributed by atoms with E-state index < -0.39 is 5.06 Å². The SMILES string of the molecule is COC1(C=O)Nc2ccccc2S1. The van der Waals surface area contributed by atoms with Gasteiger partial charge in [0.1, 0.15) is 0 Å². The van der Waals surface area contributed by atoms with Crippen LogP contribution < -0.4 is 5.32 Å². The third-order valence-corrected chi connectivity index (χ3v) is 3.16. The first-order valence-electron chi connectivity index (χ1n) is 3.87. The minimum atomic E-state index is -0.927. The number of ether oxygens (including phenoxy) is 1. The summed E-state index contributed by atoms with van der Waals surface area (Å²) in [5.74, 6) is 0. The maximum atomic E-state index is 10.8. The standard InChI is InChI=1S/C9H9NO2S/c1-12-9(6-11)10-7-4-2-3-5-8(7)13-9/h2-6,10H,1H3. The number of nitrogens with one attached hydrogen (secondary N) is 1. The van der Waals surface area contributed by atoms with Gasteiger partial charge < -0.3 is 10.1 Å². The van der Waals surface area contributed by atoms with Gasteiger partial charge in [-0.15, -0.1) is 0 Å². The van der Waals surface area contributed by atoms with Crippen LogP contribution in [0.5, 0.6) is 0 Å². The smallest absolute Gasteiger partial charge is 0.249 e. The average Bonchev–Trinajstić information content (AvgIpc) is 2.57.